The fraction of sp³-hybridized carbons (Fsp3) is 0.579. The Balaban J connectivity index is 1.65. The molecule has 4 heterocycles. The number of ether oxygens (including phenoxy) is 2. The Morgan fingerprint density at radius 1 is 1.48 bits per heavy atom. The second kappa shape index (κ2) is 8.00. The Labute approximate surface area is 188 Å². The number of hydrogen-bond acceptors (Lipinski definition) is 10. The highest BCUT2D eigenvalue weighted by atomic mass is 31.2. The van der Waals surface area contributed by atoms with Crippen molar-refractivity contribution >= 4 is 25.1 Å². The molecule has 0 spiro atoms. The number of alkyl halides is 1. The van der Waals surface area contributed by atoms with E-state index < -0.39 is 43.2 Å². The van der Waals surface area contributed by atoms with Crippen LogP contribution in [-0.4, -0.2) is 57.2 Å². The van der Waals surface area contributed by atoms with Crippen LogP contribution in [0.25, 0.3) is 5.52 Å². The van der Waals surface area contributed by atoms with Gasteiger partial charge in [-0.2, -0.15) is 10.4 Å². The fourth-order valence-electron chi connectivity index (χ4n) is 4.01. The van der Waals surface area contributed by atoms with Gasteiger partial charge in [-0.15, -0.1) is 0 Å². The fourth-order valence-corrected chi connectivity index (χ4v) is 5.76. The first-order chi connectivity index (χ1) is 15.4. The number of nitrogen functional groups attached to an aromatic ring is 1. The number of nitrogens with zero attached hydrogens (tertiary/aromatic N) is 4. The second-order valence-corrected chi connectivity index (χ2v) is 10.1. The summed E-state index contributed by atoms with van der Waals surface area (Å²) in [6, 6.07) is 3.85. The molecular formula is C19H24FN6O6P. The number of aromatic nitrogens is 3. The van der Waals surface area contributed by atoms with Crippen LogP contribution in [0.1, 0.15) is 33.4 Å². The molecule has 6 atom stereocenters. The maximum Gasteiger partial charge on any atom is 0.406 e. The average molecular weight is 482 g/mol. The zero-order valence-corrected chi connectivity index (χ0v) is 19.3. The Morgan fingerprint density at radius 3 is 2.88 bits per heavy atom. The number of hydrogen-bond donors (Lipinski definition) is 2. The number of halogens is 1. The predicted octanol–water partition coefficient (Wildman–Crippen LogP) is 1.61. The van der Waals surface area contributed by atoms with Gasteiger partial charge in [0.15, 0.2) is 11.5 Å². The molecule has 0 bridgehead atoms. The maximum atomic E-state index is 16.4. The van der Waals surface area contributed by atoms with Crippen molar-refractivity contribution in [1.29, 1.82) is 5.26 Å². The summed E-state index contributed by atoms with van der Waals surface area (Å²) in [4.78, 5) is 16.0. The minimum absolute atomic E-state index is 0.0637. The van der Waals surface area contributed by atoms with Gasteiger partial charge in [-0.3, -0.25) is 13.8 Å². The summed E-state index contributed by atoms with van der Waals surface area (Å²) in [6.07, 6.45) is -1.74. The Kier molecular flexibility index (Phi) is 5.71. The first-order valence-electron chi connectivity index (χ1n) is 10.2. The predicted molar refractivity (Wildman–Crippen MR) is 111 cm³/mol. The summed E-state index contributed by atoms with van der Waals surface area (Å²) in [5, 5.41) is 16.6. The average Bonchev–Trinajstić information content (AvgIpc) is 3.26. The zero-order chi connectivity index (χ0) is 24.2. The lowest BCUT2D eigenvalue weighted by Gasteiger charge is -2.36. The van der Waals surface area contributed by atoms with Gasteiger partial charge in [-0.25, -0.2) is 23.5 Å². The van der Waals surface area contributed by atoms with E-state index in [4.69, 9.17) is 24.3 Å². The van der Waals surface area contributed by atoms with Crippen molar-refractivity contribution in [3.05, 3.63) is 24.2 Å². The van der Waals surface area contributed by atoms with Gasteiger partial charge in [0.05, 0.1) is 18.4 Å². The molecule has 33 heavy (non-hydrogen) atoms. The minimum atomic E-state index is -4.15. The number of fused-ring (bicyclic) bond motifs is 2. The molecule has 0 aliphatic carbocycles. The molecule has 3 N–H and O–H groups in total. The Bertz CT molecular complexity index is 1180. The number of anilines is 1. The molecule has 1 unspecified atom stereocenters. The zero-order valence-electron chi connectivity index (χ0n) is 18.4. The van der Waals surface area contributed by atoms with Crippen LogP contribution < -0.4 is 10.8 Å². The van der Waals surface area contributed by atoms with Crippen molar-refractivity contribution < 1.29 is 32.3 Å². The molecule has 2 aliphatic rings. The second-order valence-electron chi connectivity index (χ2n) is 8.34. The summed E-state index contributed by atoms with van der Waals surface area (Å²) < 4.78 is 52.7. The molecule has 2 saturated heterocycles. The van der Waals surface area contributed by atoms with Gasteiger partial charge in [0.25, 0.3) is 0 Å². The highest BCUT2D eigenvalue weighted by Crippen LogP contribution is 2.59. The van der Waals surface area contributed by atoms with Crippen LogP contribution in [0.15, 0.2) is 18.5 Å². The summed E-state index contributed by atoms with van der Waals surface area (Å²) in [7, 11) is -4.15. The standard InChI is InChI=1S/C19H24FN6O6P/c1-10(2)30-17(27)11(3)25-33(28)29-7-13-15(32-33)18(4,20)19(8-21,31-13)14-6-5-12-16(22)23-9-24-26(12)14/h5-6,9-11,13,15H,7H2,1-4H3,(H,25,28)(H2,22,23,24)/t11-,13+,15+,18+,19-,33?/m0/s1. The monoisotopic (exact) mass is 482 g/mol. The molecule has 178 valence electrons. The number of esters is 1. The van der Waals surface area contributed by atoms with Crippen LogP contribution in [0.5, 0.6) is 0 Å². The number of carbonyl (C=O) groups is 1. The van der Waals surface area contributed by atoms with Crippen LogP contribution in [0, 0.1) is 11.3 Å². The van der Waals surface area contributed by atoms with E-state index in [9.17, 15) is 14.6 Å². The number of nitrogens with two attached hydrogens (primary N) is 1. The van der Waals surface area contributed by atoms with Crippen LogP contribution in [0.4, 0.5) is 10.2 Å². The van der Waals surface area contributed by atoms with Crippen molar-refractivity contribution in [2.75, 3.05) is 12.3 Å². The number of rotatable bonds is 5. The molecule has 14 heteroatoms. The van der Waals surface area contributed by atoms with E-state index in [0.717, 1.165) is 6.92 Å². The van der Waals surface area contributed by atoms with Gasteiger partial charge >= 0.3 is 13.7 Å². The molecule has 4 rings (SSSR count). The SMILES string of the molecule is CC(C)OC(=O)[C@H](C)NP1(=O)OC[C@H]2O[C@@](C#N)(c3ccc4c(N)ncnn34)[C@](C)(F)[C@@H]2O1. The van der Waals surface area contributed by atoms with Crippen molar-refractivity contribution in [2.24, 2.45) is 0 Å². The van der Waals surface area contributed by atoms with Crippen LogP contribution >= 0.6 is 7.75 Å². The third kappa shape index (κ3) is 3.68. The first kappa shape index (κ1) is 23.5. The molecule has 0 saturated carbocycles. The summed E-state index contributed by atoms with van der Waals surface area (Å²) in [6.45, 7) is 5.53. The molecular weight excluding hydrogens is 458 g/mol. The van der Waals surface area contributed by atoms with Crippen molar-refractivity contribution in [1.82, 2.24) is 19.7 Å². The van der Waals surface area contributed by atoms with Gasteiger partial charge in [0, 0.05) is 0 Å². The number of carbonyl (C=O) groups excluding carboxylic acids is 1. The smallest absolute Gasteiger partial charge is 0.406 e. The molecule has 0 amide bonds. The third-order valence-corrected chi connectivity index (χ3v) is 7.30. The van der Waals surface area contributed by atoms with Crippen molar-refractivity contribution in [3.63, 3.8) is 0 Å². The van der Waals surface area contributed by atoms with E-state index >= 15 is 4.39 Å². The minimum Gasteiger partial charge on any atom is -0.462 e. The Hall–Kier alpha value is -2.62. The molecule has 2 aromatic heterocycles. The summed E-state index contributed by atoms with van der Waals surface area (Å²) in [5.41, 5.74) is 1.60. The molecule has 2 fully saturated rings. The lowest BCUT2D eigenvalue weighted by molar-refractivity contribution is -0.149. The molecule has 12 nitrogen and oxygen atoms in total. The molecule has 2 aliphatic heterocycles. The van der Waals surface area contributed by atoms with E-state index in [0.29, 0.717) is 5.52 Å². The Morgan fingerprint density at radius 2 is 2.21 bits per heavy atom. The van der Waals surface area contributed by atoms with Gasteiger partial charge < -0.3 is 15.2 Å². The third-order valence-electron chi connectivity index (χ3n) is 5.61. The van der Waals surface area contributed by atoms with E-state index in [1.165, 1.54) is 29.9 Å². The van der Waals surface area contributed by atoms with Gasteiger partial charge in [0.1, 0.15) is 36.2 Å². The highest BCUT2D eigenvalue weighted by molar-refractivity contribution is 7.51. The van der Waals surface area contributed by atoms with E-state index in [1.54, 1.807) is 13.8 Å². The molecule has 0 radical (unpaired) electrons. The number of nitrogens with one attached hydrogen (secondary N) is 1. The van der Waals surface area contributed by atoms with Crippen molar-refractivity contribution in [2.45, 2.75) is 63.3 Å². The van der Waals surface area contributed by atoms with E-state index in [2.05, 4.69) is 15.2 Å². The van der Waals surface area contributed by atoms with E-state index in [-0.39, 0.29) is 24.2 Å². The topological polar surface area (TPSA) is 163 Å². The normalized spacial score (nSPS) is 34.7. The van der Waals surface area contributed by atoms with Crippen LogP contribution in [0.2, 0.25) is 0 Å². The maximum absolute atomic E-state index is 16.4. The lowest BCUT2D eigenvalue weighted by Crippen LogP contribution is -2.51. The van der Waals surface area contributed by atoms with Crippen molar-refractivity contribution in [3.8, 4) is 6.07 Å². The largest absolute Gasteiger partial charge is 0.462 e. The van der Waals surface area contributed by atoms with E-state index in [1.807, 2.05) is 6.07 Å². The van der Waals surface area contributed by atoms with Crippen LogP contribution in [0.3, 0.4) is 0 Å². The highest BCUT2D eigenvalue weighted by Gasteiger charge is 2.70. The quantitative estimate of drug-likeness (QED) is 0.470. The lowest BCUT2D eigenvalue weighted by atomic mass is 9.82. The van der Waals surface area contributed by atoms with Gasteiger partial charge in [-0.05, 0) is 39.8 Å². The van der Waals surface area contributed by atoms with Gasteiger partial charge in [-0.1, -0.05) is 0 Å². The summed E-state index contributed by atoms with van der Waals surface area (Å²) in [5.74, 6) is -0.542. The van der Waals surface area contributed by atoms with Crippen LogP contribution in [-0.2, 0) is 33.5 Å². The van der Waals surface area contributed by atoms with Gasteiger partial charge in [0.2, 0.25) is 5.60 Å². The first-order valence-corrected chi connectivity index (χ1v) is 11.8. The molecule has 2 aromatic rings. The summed E-state index contributed by atoms with van der Waals surface area (Å²) >= 11 is 0. The molecule has 0 aromatic carbocycles. The number of nitriles is 1.